The van der Waals surface area contributed by atoms with Gasteiger partial charge in [0.25, 0.3) is 0 Å². The number of hydrogen-bond acceptors (Lipinski definition) is 4. The molecule has 3 aromatic rings. The van der Waals surface area contributed by atoms with Gasteiger partial charge in [-0.15, -0.1) is 0 Å². The highest BCUT2D eigenvalue weighted by Crippen LogP contribution is 2.44. The van der Waals surface area contributed by atoms with Gasteiger partial charge in [0, 0.05) is 5.92 Å². The maximum absolute atomic E-state index is 12.3. The summed E-state index contributed by atoms with van der Waals surface area (Å²) in [6, 6.07) is 14.6. The lowest BCUT2D eigenvalue weighted by Crippen LogP contribution is -2.35. The summed E-state index contributed by atoms with van der Waals surface area (Å²) in [7, 11) is 0. The normalized spacial score (nSPS) is 13.5. The third kappa shape index (κ3) is 3.38. The first kappa shape index (κ1) is 18.2. The van der Waals surface area contributed by atoms with Crippen LogP contribution in [-0.4, -0.2) is 33.7 Å². The number of ether oxygens (including phenoxy) is 1. The molecule has 0 saturated carbocycles. The van der Waals surface area contributed by atoms with Crippen LogP contribution >= 0.6 is 15.9 Å². The van der Waals surface area contributed by atoms with Gasteiger partial charge in [0.1, 0.15) is 17.0 Å². The summed E-state index contributed by atoms with van der Waals surface area (Å²) in [5.41, 5.74) is 4.41. The Bertz CT molecular complexity index is 1000. The SMILES string of the molecule is O=C(NC(C(=O)O)c1ncc(Br)[nH]1)OCC1c2ccccc2-c2ccccc21. The Balaban J connectivity index is 1.48. The zero-order valence-corrected chi connectivity index (χ0v) is 16.1. The third-order valence-corrected chi connectivity index (χ3v) is 5.09. The Morgan fingerprint density at radius 3 is 2.29 bits per heavy atom. The second kappa shape index (κ2) is 7.47. The van der Waals surface area contributed by atoms with E-state index in [4.69, 9.17) is 4.74 Å². The van der Waals surface area contributed by atoms with Crippen molar-refractivity contribution in [3.05, 3.63) is 76.3 Å². The second-order valence-corrected chi connectivity index (χ2v) is 7.21. The molecule has 0 bridgehead atoms. The molecule has 4 rings (SSSR count). The number of hydrogen-bond donors (Lipinski definition) is 3. The van der Waals surface area contributed by atoms with Gasteiger partial charge in [0.15, 0.2) is 6.04 Å². The fourth-order valence-electron chi connectivity index (χ4n) is 3.46. The Hall–Kier alpha value is -3.13. The Morgan fingerprint density at radius 1 is 1.14 bits per heavy atom. The molecule has 28 heavy (non-hydrogen) atoms. The number of fused-ring (bicyclic) bond motifs is 3. The molecule has 1 aliphatic carbocycles. The first-order valence-corrected chi connectivity index (χ1v) is 9.38. The molecule has 8 heteroatoms. The second-order valence-electron chi connectivity index (χ2n) is 6.36. The van der Waals surface area contributed by atoms with Crippen LogP contribution in [0.15, 0.2) is 59.3 Å². The van der Waals surface area contributed by atoms with E-state index in [1.54, 1.807) is 0 Å². The van der Waals surface area contributed by atoms with Crippen molar-refractivity contribution in [2.24, 2.45) is 0 Å². The van der Waals surface area contributed by atoms with Crippen LogP contribution in [0.5, 0.6) is 0 Å². The van der Waals surface area contributed by atoms with Crippen molar-refractivity contribution in [3.63, 3.8) is 0 Å². The molecule has 2 aromatic carbocycles. The summed E-state index contributed by atoms with van der Waals surface area (Å²) in [6.07, 6.45) is 0.604. The summed E-state index contributed by atoms with van der Waals surface area (Å²) < 4.78 is 5.90. The van der Waals surface area contributed by atoms with E-state index in [-0.39, 0.29) is 18.3 Å². The molecule has 1 aromatic heterocycles. The zero-order chi connectivity index (χ0) is 19.7. The van der Waals surface area contributed by atoms with E-state index in [1.807, 2.05) is 48.5 Å². The lowest BCUT2D eigenvalue weighted by atomic mass is 9.98. The van der Waals surface area contributed by atoms with E-state index < -0.39 is 18.1 Å². The monoisotopic (exact) mass is 441 g/mol. The summed E-state index contributed by atoms with van der Waals surface area (Å²) in [4.78, 5) is 30.4. The highest BCUT2D eigenvalue weighted by atomic mass is 79.9. The largest absolute Gasteiger partial charge is 0.479 e. The van der Waals surface area contributed by atoms with E-state index in [0.717, 1.165) is 22.3 Å². The standard InChI is InChI=1S/C20H16BrN3O4/c21-16-9-22-18(23-16)17(19(25)26)24-20(27)28-10-15-13-7-3-1-5-11(13)12-6-2-4-8-14(12)15/h1-9,15,17H,10H2,(H,22,23)(H,24,27)(H,25,26). The number of imidazole rings is 1. The van der Waals surface area contributed by atoms with Crippen LogP contribution in [0.25, 0.3) is 11.1 Å². The van der Waals surface area contributed by atoms with E-state index in [2.05, 4.69) is 31.2 Å². The number of carboxylic acid groups (broad SMARTS) is 1. The number of nitrogens with zero attached hydrogens (tertiary/aromatic N) is 1. The van der Waals surface area contributed by atoms with Crippen molar-refractivity contribution in [2.45, 2.75) is 12.0 Å². The molecule has 142 valence electrons. The van der Waals surface area contributed by atoms with Gasteiger partial charge in [-0.3, -0.25) is 0 Å². The number of carboxylic acids is 1. The van der Waals surface area contributed by atoms with Crippen LogP contribution in [0, 0.1) is 0 Å². The van der Waals surface area contributed by atoms with E-state index in [9.17, 15) is 14.7 Å². The molecular formula is C20H16BrN3O4. The van der Waals surface area contributed by atoms with Crippen molar-refractivity contribution in [1.29, 1.82) is 0 Å². The number of aromatic nitrogens is 2. The molecule has 1 atom stereocenters. The maximum Gasteiger partial charge on any atom is 0.408 e. The van der Waals surface area contributed by atoms with Gasteiger partial charge < -0.3 is 20.1 Å². The van der Waals surface area contributed by atoms with Crippen molar-refractivity contribution in [1.82, 2.24) is 15.3 Å². The van der Waals surface area contributed by atoms with E-state index in [1.165, 1.54) is 6.20 Å². The molecule has 3 N–H and O–H groups in total. The number of halogens is 1. The minimum atomic E-state index is -1.33. The lowest BCUT2D eigenvalue weighted by molar-refractivity contribution is -0.139. The van der Waals surface area contributed by atoms with Gasteiger partial charge in [-0.05, 0) is 38.2 Å². The third-order valence-electron chi connectivity index (χ3n) is 4.69. The van der Waals surface area contributed by atoms with E-state index in [0.29, 0.717) is 4.60 Å². The Morgan fingerprint density at radius 2 is 1.75 bits per heavy atom. The van der Waals surface area contributed by atoms with Gasteiger partial charge in [-0.2, -0.15) is 0 Å². The van der Waals surface area contributed by atoms with E-state index >= 15 is 0 Å². The number of carbonyl (C=O) groups excluding carboxylic acids is 1. The number of rotatable bonds is 5. The molecule has 1 unspecified atom stereocenters. The van der Waals surface area contributed by atoms with Crippen LogP contribution in [-0.2, 0) is 9.53 Å². The first-order valence-electron chi connectivity index (χ1n) is 8.59. The Labute approximate surface area is 168 Å². The number of alkyl carbamates (subject to hydrolysis) is 1. The molecule has 0 spiro atoms. The fourth-order valence-corrected chi connectivity index (χ4v) is 3.77. The average Bonchev–Trinajstić information content (AvgIpc) is 3.26. The predicted molar refractivity (Wildman–Crippen MR) is 105 cm³/mol. The molecule has 0 aliphatic heterocycles. The van der Waals surface area contributed by atoms with Gasteiger partial charge in [0.2, 0.25) is 0 Å². The molecule has 1 aliphatic rings. The van der Waals surface area contributed by atoms with Crippen molar-refractivity contribution in [3.8, 4) is 11.1 Å². The minimum Gasteiger partial charge on any atom is -0.479 e. The topological polar surface area (TPSA) is 104 Å². The lowest BCUT2D eigenvalue weighted by Gasteiger charge is -2.16. The molecule has 0 fully saturated rings. The molecule has 0 saturated heterocycles. The predicted octanol–water partition coefficient (Wildman–Crippen LogP) is 3.84. The molecule has 7 nitrogen and oxygen atoms in total. The highest BCUT2D eigenvalue weighted by molar-refractivity contribution is 9.10. The molecular weight excluding hydrogens is 426 g/mol. The number of H-pyrrole nitrogens is 1. The zero-order valence-electron chi connectivity index (χ0n) is 14.6. The van der Waals surface area contributed by atoms with Crippen LogP contribution < -0.4 is 5.32 Å². The molecule has 0 radical (unpaired) electrons. The molecule has 1 amide bonds. The minimum absolute atomic E-state index is 0.0980. The van der Waals surface area contributed by atoms with Crippen LogP contribution in [0.4, 0.5) is 4.79 Å². The number of amides is 1. The number of aromatic amines is 1. The highest BCUT2D eigenvalue weighted by Gasteiger charge is 2.30. The number of aliphatic carboxylic acids is 1. The fraction of sp³-hybridized carbons (Fsp3) is 0.150. The average molecular weight is 442 g/mol. The van der Waals surface area contributed by atoms with Crippen LogP contribution in [0.3, 0.4) is 0 Å². The summed E-state index contributed by atoms with van der Waals surface area (Å²) in [5.74, 6) is -1.23. The Kier molecular flexibility index (Phi) is 4.87. The summed E-state index contributed by atoms with van der Waals surface area (Å²) in [5, 5.41) is 11.7. The number of benzene rings is 2. The van der Waals surface area contributed by atoms with Gasteiger partial charge >= 0.3 is 12.1 Å². The quantitative estimate of drug-likeness (QED) is 0.557. The molecule has 1 heterocycles. The van der Waals surface area contributed by atoms with Gasteiger partial charge in [0.05, 0.1) is 6.20 Å². The smallest absolute Gasteiger partial charge is 0.408 e. The summed E-state index contributed by atoms with van der Waals surface area (Å²) in [6.45, 7) is 0.105. The van der Waals surface area contributed by atoms with Crippen molar-refractivity contribution < 1.29 is 19.4 Å². The van der Waals surface area contributed by atoms with Gasteiger partial charge in [-0.1, -0.05) is 48.5 Å². The van der Waals surface area contributed by atoms with Crippen molar-refractivity contribution in [2.75, 3.05) is 6.61 Å². The van der Waals surface area contributed by atoms with Crippen molar-refractivity contribution >= 4 is 28.0 Å². The van der Waals surface area contributed by atoms with Gasteiger partial charge in [-0.25, -0.2) is 14.6 Å². The van der Waals surface area contributed by atoms with Crippen LogP contribution in [0.1, 0.15) is 28.9 Å². The summed E-state index contributed by atoms with van der Waals surface area (Å²) >= 11 is 3.17. The number of nitrogens with one attached hydrogen (secondary N) is 2. The first-order chi connectivity index (χ1) is 13.5. The maximum atomic E-state index is 12.3. The number of carbonyl (C=O) groups is 2. The van der Waals surface area contributed by atoms with Crippen LogP contribution in [0.2, 0.25) is 0 Å².